The summed E-state index contributed by atoms with van der Waals surface area (Å²) in [5, 5.41) is 2.10. The molecule has 1 saturated heterocycles. The number of benzene rings is 1. The van der Waals surface area contributed by atoms with E-state index in [1.807, 2.05) is 0 Å². The standard InChI is InChI=1S/C14H17N3/c1-2-4-12(5-3-1)6-7-13-9-11-17-14(16-13)8-10-15-17/h1-5,9,11,14-15H,6-8,10H2. The summed E-state index contributed by atoms with van der Waals surface area (Å²) in [4.78, 5) is 4.75. The van der Waals surface area contributed by atoms with E-state index in [1.54, 1.807) is 0 Å². The van der Waals surface area contributed by atoms with Crippen LogP contribution in [0.15, 0.2) is 47.6 Å². The van der Waals surface area contributed by atoms with Gasteiger partial charge in [0.05, 0.1) is 0 Å². The fourth-order valence-electron chi connectivity index (χ4n) is 2.31. The van der Waals surface area contributed by atoms with Crippen LogP contribution < -0.4 is 5.43 Å². The van der Waals surface area contributed by atoms with Crippen LogP contribution in [0.1, 0.15) is 18.4 Å². The third-order valence-corrected chi connectivity index (χ3v) is 3.27. The topological polar surface area (TPSA) is 27.6 Å². The van der Waals surface area contributed by atoms with Gasteiger partial charge in [0.15, 0.2) is 0 Å². The minimum atomic E-state index is 0.325. The Kier molecular flexibility index (Phi) is 2.92. The van der Waals surface area contributed by atoms with Crippen molar-refractivity contribution in [3.63, 3.8) is 0 Å². The molecule has 1 aromatic rings. The molecular formula is C14H17N3. The van der Waals surface area contributed by atoms with Gasteiger partial charge in [-0.05, 0) is 24.5 Å². The molecule has 2 aliphatic rings. The van der Waals surface area contributed by atoms with Crippen LogP contribution in [0.4, 0.5) is 0 Å². The van der Waals surface area contributed by atoms with E-state index in [-0.39, 0.29) is 0 Å². The van der Waals surface area contributed by atoms with Gasteiger partial charge in [0.2, 0.25) is 0 Å². The molecule has 3 heteroatoms. The Morgan fingerprint density at radius 3 is 3.00 bits per heavy atom. The maximum absolute atomic E-state index is 4.75. The molecule has 1 atom stereocenters. The molecule has 0 aliphatic carbocycles. The van der Waals surface area contributed by atoms with Crippen LogP contribution in [0.2, 0.25) is 0 Å². The quantitative estimate of drug-likeness (QED) is 0.856. The van der Waals surface area contributed by atoms with Crippen molar-refractivity contribution >= 4 is 5.71 Å². The molecule has 0 saturated carbocycles. The number of aryl methyl sites for hydroxylation is 1. The minimum Gasteiger partial charge on any atom is -0.291 e. The van der Waals surface area contributed by atoms with Gasteiger partial charge in [0, 0.05) is 24.9 Å². The van der Waals surface area contributed by atoms with Gasteiger partial charge in [-0.15, -0.1) is 0 Å². The van der Waals surface area contributed by atoms with Crippen molar-refractivity contribution in [3.8, 4) is 0 Å². The number of allylic oxidation sites excluding steroid dienone is 1. The lowest BCUT2D eigenvalue weighted by Gasteiger charge is -2.23. The van der Waals surface area contributed by atoms with E-state index in [4.69, 9.17) is 4.99 Å². The third kappa shape index (κ3) is 2.39. The third-order valence-electron chi connectivity index (χ3n) is 3.27. The Balaban J connectivity index is 1.61. The summed E-state index contributed by atoms with van der Waals surface area (Å²) in [5.74, 6) is 0. The number of nitrogens with one attached hydrogen (secondary N) is 1. The summed E-state index contributed by atoms with van der Waals surface area (Å²) >= 11 is 0. The molecule has 1 fully saturated rings. The molecule has 1 N–H and O–H groups in total. The number of nitrogens with zero attached hydrogens (tertiary/aromatic N) is 2. The van der Waals surface area contributed by atoms with Crippen LogP contribution >= 0.6 is 0 Å². The molecule has 2 aliphatic heterocycles. The van der Waals surface area contributed by atoms with Crippen molar-refractivity contribution in [3.05, 3.63) is 48.2 Å². The van der Waals surface area contributed by atoms with Crippen LogP contribution in [-0.2, 0) is 6.42 Å². The van der Waals surface area contributed by atoms with Gasteiger partial charge in [0.1, 0.15) is 6.17 Å². The molecule has 0 radical (unpaired) electrons. The summed E-state index contributed by atoms with van der Waals surface area (Å²) in [6.45, 7) is 1.03. The first kappa shape index (κ1) is 10.5. The minimum absolute atomic E-state index is 0.325. The second kappa shape index (κ2) is 4.72. The first-order valence-electron chi connectivity index (χ1n) is 6.22. The molecule has 0 spiro atoms. The smallest absolute Gasteiger partial charge is 0.136 e. The van der Waals surface area contributed by atoms with E-state index in [0.29, 0.717) is 6.17 Å². The molecule has 3 nitrogen and oxygen atoms in total. The molecule has 88 valence electrons. The van der Waals surface area contributed by atoms with Gasteiger partial charge in [-0.25, -0.2) is 5.43 Å². The van der Waals surface area contributed by atoms with Crippen molar-refractivity contribution in [2.45, 2.75) is 25.4 Å². The number of hydrogen-bond acceptors (Lipinski definition) is 3. The molecule has 1 aromatic carbocycles. The summed E-state index contributed by atoms with van der Waals surface area (Å²) in [7, 11) is 0. The summed E-state index contributed by atoms with van der Waals surface area (Å²) < 4.78 is 0. The normalized spacial score (nSPS) is 22.5. The van der Waals surface area contributed by atoms with E-state index in [0.717, 1.165) is 25.8 Å². The molecule has 1 unspecified atom stereocenters. The highest BCUT2D eigenvalue weighted by Crippen LogP contribution is 2.16. The molecular weight excluding hydrogens is 210 g/mol. The Bertz CT molecular complexity index is 436. The van der Waals surface area contributed by atoms with Crippen LogP contribution in [0.5, 0.6) is 0 Å². The predicted molar refractivity (Wildman–Crippen MR) is 69.6 cm³/mol. The first-order valence-corrected chi connectivity index (χ1v) is 6.22. The van der Waals surface area contributed by atoms with E-state index in [9.17, 15) is 0 Å². The summed E-state index contributed by atoms with van der Waals surface area (Å²) in [5.41, 5.74) is 5.90. The van der Waals surface area contributed by atoms with E-state index in [1.165, 1.54) is 11.3 Å². The fraction of sp³-hybridized carbons (Fsp3) is 0.357. The molecule has 3 rings (SSSR count). The van der Waals surface area contributed by atoms with Gasteiger partial charge >= 0.3 is 0 Å². The number of fused-ring (bicyclic) bond motifs is 1. The molecule has 0 aromatic heterocycles. The Labute approximate surface area is 102 Å². The second-order valence-corrected chi connectivity index (χ2v) is 4.51. The molecule has 2 heterocycles. The number of hydrazine groups is 1. The van der Waals surface area contributed by atoms with Crippen LogP contribution in [0.3, 0.4) is 0 Å². The van der Waals surface area contributed by atoms with Crippen molar-refractivity contribution < 1.29 is 0 Å². The summed E-state index contributed by atoms with van der Waals surface area (Å²) in [6.07, 6.45) is 7.78. The number of rotatable bonds is 3. The maximum Gasteiger partial charge on any atom is 0.136 e. The highest BCUT2D eigenvalue weighted by atomic mass is 15.6. The largest absolute Gasteiger partial charge is 0.291 e. The molecule has 0 bridgehead atoms. The average molecular weight is 227 g/mol. The van der Waals surface area contributed by atoms with E-state index in [2.05, 4.69) is 53.0 Å². The van der Waals surface area contributed by atoms with Crippen molar-refractivity contribution in [1.29, 1.82) is 0 Å². The maximum atomic E-state index is 4.75. The van der Waals surface area contributed by atoms with Gasteiger partial charge in [-0.2, -0.15) is 0 Å². The zero-order valence-electron chi connectivity index (χ0n) is 9.84. The van der Waals surface area contributed by atoms with Crippen molar-refractivity contribution in [2.24, 2.45) is 4.99 Å². The SMILES string of the molecule is C1=CN2NCCC2N=C1CCc1ccccc1. The zero-order valence-corrected chi connectivity index (χ0v) is 9.84. The van der Waals surface area contributed by atoms with Gasteiger partial charge in [-0.3, -0.25) is 10.0 Å². The first-order chi connectivity index (χ1) is 8.42. The summed E-state index contributed by atoms with van der Waals surface area (Å²) in [6, 6.07) is 10.6. The van der Waals surface area contributed by atoms with Gasteiger partial charge in [0.25, 0.3) is 0 Å². The zero-order chi connectivity index (χ0) is 11.5. The Morgan fingerprint density at radius 1 is 1.24 bits per heavy atom. The fourth-order valence-corrected chi connectivity index (χ4v) is 2.31. The van der Waals surface area contributed by atoms with Crippen molar-refractivity contribution in [1.82, 2.24) is 10.4 Å². The highest BCUT2D eigenvalue weighted by Gasteiger charge is 2.23. The molecule has 17 heavy (non-hydrogen) atoms. The predicted octanol–water partition coefficient (Wildman–Crippen LogP) is 2.12. The monoisotopic (exact) mass is 227 g/mol. The lowest BCUT2D eigenvalue weighted by molar-refractivity contribution is 0.278. The second-order valence-electron chi connectivity index (χ2n) is 4.51. The molecule has 0 amide bonds. The van der Waals surface area contributed by atoms with E-state index >= 15 is 0 Å². The Morgan fingerprint density at radius 2 is 2.12 bits per heavy atom. The lowest BCUT2D eigenvalue weighted by atomic mass is 10.1. The van der Waals surface area contributed by atoms with Crippen LogP contribution in [-0.4, -0.2) is 23.4 Å². The van der Waals surface area contributed by atoms with Crippen LogP contribution in [0, 0.1) is 0 Å². The van der Waals surface area contributed by atoms with Crippen molar-refractivity contribution in [2.75, 3.05) is 6.54 Å². The number of hydrogen-bond donors (Lipinski definition) is 1. The van der Waals surface area contributed by atoms with Gasteiger partial charge in [-0.1, -0.05) is 30.3 Å². The van der Waals surface area contributed by atoms with Gasteiger partial charge < -0.3 is 0 Å². The number of aliphatic imine (C=N–C) groups is 1. The highest BCUT2D eigenvalue weighted by molar-refractivity contribution is 5.95. The Hall–Kier alpha value is -1.61. The lowest BCUT2D eigenvalue weighted by Crippen LogP contribution is -2.33. The van der Waals surface area contributed by atoms with E-state index < -0.39 is 0 Å². The average Bonchev–Trinajstić information content (AvgIpc) is 2.85. The van der Waals surface area contributed by atoms with Crippen LogP contribution in [0.25, 0.3) is 0 Å².